The summed E-state index contributed by atoms with van der Waals surface area (Å²) >= 11 is 0. The zero-order valence-corrected chi connectivity index (χ0v) is 10.9. The highest BCUT2D eigenvalue weighted by Crippen LogP contribution is 2.34. The fraction of sp³-hybridized carbons (Fsp3) is 0.786. The zero-order valence-electron chi connectivity index (χ0n) is 10.9. The van der Waals surface area contributed by atoms with Gasteiger partial charge in [0.05, 0.1) is 18.3 Å². The first-order valence-corrected chi connectivity index (χ1v) is 7.21. The highest BCUT2D eigenvalue weighted by Gasteiger charge is 2.41. The van der Waals surface area contributed by atoms with Crippen molar-refractivity contribution in [3.8, 4) is 0 Å². The molecule has 0 amide bonds. The second-order valence-electron chi connectivity index (χ2n) is 5.87. The maximum Gasteiger partial charge on any atom is 0.0762 e. The second-order valence-corrected chi connectivity index (χ2v) is 5.87. The van der Waals surface area contributed by atoms with E-state index in [0.717, 1.165) is 25.1 Å². The summed E-state index contributed by atoms with van der Waals surface area (Å²) in [5.74, 6) is 0. The number of aromatic nitrogens is 2. The molecular weight excluding hydrogens is 226 g/mol. The molecule has 2 fully saturated rings. The standard InChI is InChI=1S/C14H23N3O/c18-11-14(7-8-14)15-10-12-6-9-17(16-12)13-4-2-1-3-5-13/h6,9,13,15,18H,1-5,7-8,10-11H2. The Kier molecular flexibility index (Phi) is 3.39. The fourth-order valence-corrected chi connectivity index (χ4v) is 2.84. The van der Waals surface area contributed by atoms with Crippen LogP contribution in [-0.4, -0.2) is 27.0 Å². The maximum atomic E-state index is 9.26. The van der Waals surface area contributed by atoms with E-state index in [1.165, 1.54) is 32.1 Å². The topological polar surface area (TPSA) is 50.1 Å². The molecule has 3 rings (SSSR count). The van der Waals surface area contributed by atoms with Gasteiger partial charge in [-0.1, -0.05) is 19.3 Å². The molecule has 2 aliphatic rings. The van der Waals surface area contributed by atoms with E-state index in [9.17, 15) is 5.11 Å². The third kappa shape index (κ3) is 2.59. The Bertz CT molecular complexity index is 391. The third-order valence-electron chi connectivity index (χ3n) is 4.41. The number of aliphatic hydroxyl groups excluding tert-OH is 1. The van der Waals surface area contributed by atoms with Crippen LogP contribution in [0.4, 0.5) is 0 Å². The zero-order chi connectivity index (χ0) is 12.4. The Hall–Kier alpha value is -0.870. The minimum Gasteiger partial charge on any atom is -0.394 e. The summed E-state index contributed by atoms with van der Waals surface area (Å²) in [6.45, 7) is 1.02. The summed E-state index contributed by atoms with van der Waals surface area (Å²) in [7, 11) is 0. The van der Waals surface area contributed by atoms with Crippen molar-refractivity contribution in [1.82, 2.24) is 15.1 Å². The lowest BCUT2D eigenvalue weighted by Crippen LogP contribution is -2.34. The van der Waals surface area contributed by atoms with Crippen molar-refractivity contribution in [3.05, 3.63) is 18.0 Å². The normalized spacial score (nSPS) is 23.2. The molecule has 0 aliphatic heterocycles. The highest BCUT2D eigenvalue weighted by atomic mass is 16.3. The predicted molar refractivity (Wildman–Crippen MR) is 70.2 cm³/mol. The van der Waals surface area contributed by atoms with Crippen molar-refractivity contribution in [1.29, 1.82) is 0 Å². The maximum absolute atomic E-state index is 9.26. The van der Waals surface area contributed by atoms with Crippen molar-refractivity contribution < 1.29 is 5.11 Å². The quantitative estimate of drug-likeness (QED) is 0.839. The van der Waals surface area contributed by atoms with E-state index in [0.29, 0.717) is 6.04 Å². The van der Waals surface area contributed by atoms with Crippen LogP contribution in [0.2, 0.25) is 0 Å². The largest absolute Gasteiger partial charge is 0.394 e. The van der Waals surface area contributed by atoms with E-state index in [2.05, 4.69) is 27.4 Å². The minimum atomic E-state index is 0.00855. The predicted octanol–water partition coefficient (Wildman–Crippen LogP) is 2.00. The molecule has 2 aliphatic carbocycles. The smallest absolute Gasteiger partial charge is 0.0762 e. The lowest BCUT2D eigenvalue weighted by molar-refractivity contribution is 0.229. The van der Waals surface area contributed by atoms with Gasteiger partial charge in [0.2, 0.25) is 0 Å². The number of nitrogens with one attached hydrogen (secondary N) is 1. The Balaban J connectivity index is 1.55. The van der Waals surface area contributed by atoms with Crippen LogP contribution in [-0.2, 0) is 6.54 Å². The number of hydrogen-bond acceptors (Lipinski definition) is 3. The molecule has 18 heavy (non-hydrogen) atoms. The lowest BCUT2D eigenvalue weighted by Gasteiger charge is -2.21. The van der Waals surface area contributed by atoms with Crippen LogP contribution in [0.3, 0.4) is 0 Å². The van der Waals surface area contributed by atoms with Gasteiger partial charge in [0.25, 0.3) is 0 Å². The van der Waals surface area contributed by atoms with E-state index in [-0.39, 0.29) is 12.1 Å². The Labute approximate surface area is 108 Å². The number of hydrogen-bond donors (Lipinski definition) is 2. The van der Waals surface area contributed by atoms with Gasteiger partial charge in [-0.25, -0.2) is 0 Å². The van der Waals surface area contributed by atoms with Crippen LogP contribution in [0.15, 0.2) is 12.3 Å². The van der Waals surface area contributed by atoms with E-state index in [4.69, 9.17) is 0 Å². The van der Waals surface area contributed by atoms with Gasteiger partial charge in [0.15, 0.2) is 0 Å². The fourth-order valence-electron chi connectivity index (χ4n) is 2.84. The van der Waals surface area contributed by atoms with Crippen LogP contribution in [0.1, 0.15) is 56.7 Å². The van der Waals surface area contributed by atoms with Crippen LogP contribution in [0.25, 0.3) is 0 Å². The average Bonchev–Trinajstić information content (AvgIpc) is 3.07. The molecule has 2 saturated carbocycles. The van der Waals surface area contributed by atoms with Crippen LogP contribution >= 0.6 is 0 Å². The molecule has 1 aromatic rings. The first kappa shape index (κ1) is 12.2. The molecule has 1 aromatic heterocycles. The minimum absolute atomic E-state index is 0.00855. The van der Waals surface area contributed by atoms with Gasteiger partial charge in [-0.15, -0.1) is 0 Å². The molecule has 0 atom stereocenters. The highest BCUT2D eigenvalue weighted by molar-refractivity contribution is 5.06. The molecule has 1 heterocycles. The van der Waals surface area contributed by atoms with Crippen molar-refractivity contribution in [3.63, 3.8) is 0 Å². The summed E-state index contributed by atoms with van der Waals surface area (Å²) < 4.78 is 2.15. The second kappa shape index (κ2) is 5.02. The SMILES string of the molecule is OCC1(NCc2ccn(C3CCCCC3)n2)CC1. The van der Waals surface area contributed by atoms with Crippen LogP contribution in [0, 0.1) is 0 Å². The molecule has 0 unspecified atom stereocenters. The summed E-state index contributed by atoms with van der Waals surface area (Å²) in [6.07, 6.45) is 10.9. The first-order valence-electron chi connectivity index (χ1n) is 7.21. The molecule has 4 nitrogen and oxygen atoms in total. The van der Waals surface area contributed by atoms with Gasteiger partial charge in [-0.2, -0.15) is 5.10 Å². The van der Waals surface area contributed by atoms with Crippen molar-refractivity contribution >= 4 is 0 Å². The molecule has 0 spiro atoms. The van der Waals surface area contributed by atoms with Gasteiger partial charge in [0, 0.05) is 18.3 Å². The van der Waals surface area contributed by atoms with Crippen LogP contribution < -0.4 is 5.32 Å². The molecule has 0 bridgehead atoms. The van der Waals surface area contributed by atoms with Gasteiger partial charge in [-0.3, -0.25) is 4.68 Å². The number of nitrogens with zero attached hydrogens (tertiary/aromatic N) is 2. The Morgan fingerprint density at radius 1 is 1.33 bits per heavy atom. The van der Waals surface area contributed by atoms with Crippen molar-refractivity contribution in [2.24, 2.45) is 0 Å². The van der Waals surface area contributed by atoms with Gasteiger partial charge in [0.1, 0.15) is 0 Å². The molecule has 4 heteroatoms. The first-order chi connectivity index (χ1) is 8.81. The summed E-state index contributed by atoms with van der Waals surface area (Å²) in [5.41, 5.74) is 1.11. The van der Waals surface area contributed by atoms with Gasteiger partial charge >= 0.3 is 0 Å². The number of rotatable bonds is 5. The molecular formula is C14H23N3O. The van der Waals surface area contributed by atoms with E-state index in [1.54, 1.807) is 0 Å². The van der Waals surface area contributed by atoms with E-state index < -0.39 is 0 Å². The molecule has 0 saturated heterocycles. The van der Waals surface area contributed by atoms with E-state index >= 15 is 0 Å². The molecule has 100 valence electrons. The molecule has 2 N–H and O–H groups in total. The summed E-state index contributed by atoms with van der Waals surface area (Å²) in [4.78, 5) is 0. The van der Waals surface area contributed by atoms with E-state index in [1.807, 2.05) is 0 Å². The van der Waals surface area contributed by atoms with Gasteiger partial charge in [-0.05, 0) is 31.7 Å². The monoisotopic (exact) mass is 249 g/mol. The van der Waals surface area contributed by atoms with Crippen LogP contribution in [0.5, 0.6) is 0 Å². The van der Waals surface area contributed by atoms with Crippen molar-refractivity contribution in [2.75, 3.05) is 6.61 Å². The lowest BCUT2D eigenvalue weighted by atomic mass is 9.96. The average molecular weight is 249 g/mol. The van der Waals surface area contributed by atoms with Gasteiger partial charge < -0.3 is 10.4 Å². The molecule has 0 radical (unpaired) electrons. The number of aliphatic hydroxyl groups is 1. The summed E-state index contributed by atoms with van der Waals surface area (Å²) in [6, 6.07) is 2.72. The summed E-state index contributed by atoms with van der Waals surface area (Å²) in [5, 5.41) is 17.4. The Morgan fingerprint density at radius 2 is 2.11 bits per heavy atom. The third-order valence-corrected chi connectivity index (χ3v) is 4.41. The Morgan fingerprint density at radius 3 is 2.78 bits per heavy atom. The molecule has 0 aromatic carbocycles. The van der Waals surface area contributed by atoms with Crippen molar-refractivity contribution in [2.45, 2.75) is 63.1 Å².